The molecule has 0 saturated carbocycles. The highest BCUT2D eigenvalue weighted by molar-refractivity contribution is 6.41. The number of amides is 7. The largest absolute Gasteiger partial charge is 0.391 e. The third-order valence-electron chi connectivity index (χ3n) is 14.5. The van der Waals surface area contributed by atoms with Gasteiger partial charge < -0.3 is 76.2 Å². The van der Waals surface area contributed by atoms with E-state index in [4.69, 9.17) is 34.4 Å². The topological polar surface area (TPSA) is 543 Å². The molecule has 0 fully saturated rings. The summed E-state index contributed by atoms with van der Waals surface area (Å²) in [5, 5.41) is 37.8. The van der Waals surface area contributed by atoms with Gasteiger partial charge >= 0.3 is 0 Å². The molecule has 0 aromatic carbocycles. The van der Waals surface area contributed by atoms with Crippen LogP contribution in [-0.4, -0.2) is 200 Å². The number of aldehydes is 1. The number of primary amides is 3. The number of hydrazine groups is 1. The molecule has 0 unspecified atom stereocenters. The lowest BCUT2D eigenvalue weighted by Crippen LogP contribution is -2.59. The van der Waals surface area contributed by atoms with Gasteiger partial charge in [0.1, 0.15) is 30.7 Å². The number of unbranched alkanes of at least 4 members (excludes halogenated alkanes) is 1. The van der Waals surface area contributed by atoms with E-state index in [-0.39, 0.29) is 76.5 Å². The van der Waals surface area contributed by atoms with Crippen molar-refractivity contribution >= 4 is 76.6 Å². The number of carbonyl (C=O) groups excluding carboxylic acids is 13. The normalized spacial score (nSPS) is 15.7. The summed E-state index contributed by atoms with van der Waals surface area (Å²) >= 11 is 0. The van der Waals surface area contributed by atoms with Crippen LogP contribution >= 0.6 is 0 Å². The van der Waals surface area contributed by atoms with Crippen molar-refractivity contribution in [3.05, 3.63) is 0 Å². The third kappa shape index (κ3) is 34.9. The van der Waals surface area contributed by atoms with Gasteiger partial charge in [0.2, 0.25) is 52.9 Å². The maximum Gasteiger partial charge on any atom is 0.243 e. The van der Waals surface area contributed by atoms with E-state index in [2.05, 4.69) is 64.0 Å². The van der Waals surface area contributed by atoms with Gasteiger partial charge in [0.05, 0.1) is 74.1 Å². The highest BCUT2D eigenvalue weighted by atomic mass is 16.3. The Morgan fingerprint density at radius 1 is 0.456 bits per heavy atom. The monoisotopic (exact) mass is 1280 g/mol. The molecule has 0 saturated heterocycles. The standard InChI is InChI=1S/C58H110N18O14/c1-30(2)23-37(28-77)75-76-41(18-20-47(61)83)55(88)73-49(33(7)8)57(90)72-42(24-31(3)4)45(81)27-66-34(9)43(79)25-67-38(17-19-46(60)82)51(84)52(85)39(15-12-13-21-59)71-56(89)48(32(5)6)70-29-69-35(10)44(80)26-68-40(16-14-22-65-58(63)64)54(87)74-50(36(11)78)53(62)86/h28,30-42,48-50,58,65-70,75-76,78H,12-27,29,59,63-64H2,1-11H3,(H2,60,82)(H2,61,83)(H2,62,86)(H,71,89)(H,72,90)(H,73,88)(H,74,87)/t34-,35-,36+,37-,38-,39-,40-,41-,42-,48-,49-,50-/m0/s1. The summed E-state index contributed by atoms with van der Waals surface area (Å²) in [5.74, 6) is -9.55. The van der Waals surface area contributed by atoms with Crippen LogP contribution in [0.5, 0.6) is 0 Å². The summed E-state index contributed by atoms with van der Waals surface area (Å²) in [7, 11) is 0. The summed E-state index contributed by atoms with van der Waals surface area (Å²) in [6, 6.07) is -12.1. The Morgan fingerprint density at radius 2 is 0.933 bits per heavy atom. The molecule has 0 aromatic heterocycles. The quantitative estimate of drug-likeness (QED) is 0.00886. The van der Waals surface area contributed by atoms with Crippen LogP contribution < -0.4 is 98.4 Å². The van der Waals surface area contributed by atoms with Crippen molar-refractivity contribution in [1.82, 2.24) is 64.0 Å². The highest BCUT2D eigenvalue weighted by Gasteiger charge is 2.36. The number of Topliss-reactive ketones (excluding diaryl/α,β-unsaturated/α-hetero) is 5. The van der Waals surface area contributed by atoms with Gasteiger partial charge in [-0.15, -0.1) is 0 Å². The van der Waals surface area contributed by atoms with Gasteiger partial charge in [-0.05, 0) is 115 Å². The van der Waals surface area contributed by atoms with E-state index in [1.807, 2.05) is 27.7 Å². The Balaban J connectivity index is 6.15. The molecule has 0 aliphatic heterocycles. The zero-order chi connectivity index (χ0) is 69.0. The Labute approximate surface area is 529 Å². The van der Waals surface area contributed by atoms with Crippen LogP contribution in [0.2, 0.25) is 0 Å². The summed E-state index contributed by atoms with van der Waals surface area (Å²) in [4.78, 5) is 171. The average molecular weight is 1280 g/mol. The molecule has 0 radical (unpaired) electrons. The van der Waals surface area contributed by atoms with E-state index >= 15 is 0 Å². The van der Waals surface area contributed by atoms with Gasteiger partial charge in [-0.25, -0.2) is 10.9 Å². The summed E-state index contributed by atoms with van der Waals surface area (Å²) < 4.78 is 0. The van der Waals surface area contributed by atoms with Crippen LogP contribution in [0.15, 0.2) is 0 Å². The Kier molecular flexibility index (Phi) is 42.1. The molecule has 90 heavy (non-hydrogen) atoms. The number of rotatable bonds is 54. The Hall–Kier alpha value is -6.17. The van der Waals surface area contributed by atoms with Crippen molar-refractivity contribution in [3.63, 3.8) is 0 Å². The molecule has 32 heteroatoms. The lowest BCUT2D eigenvalue weighted by molar-refractivity contribution is -0.140. The van der Waals surface area contributed by atoms with E-state index in [1.54, 1.807) is 34.6 Å². The summed E-state index contributed by atoms with van der Waals surface area (Å²) in [5.41, 5.74) is 38.6. The van der Waals surface area contributed by atoms with Gasteiger partial charge in [-0.3, -0.25) is 78.8 Å². The number of nitrogens with two attached hydrogens (primary N) is 6. The minimum atomic E-state index is -1.43. The van der Waals surface area contributed by atoms with Crippen molar-refractivity contribution in [3.8, 4) is 0 Å². The van der Waals surface area contributed by atoms with Crippen LogP contribution in [0.1, 0.15) is 147 Å². The van der Waals surface area contributed by atoms with Crippen LogP contribution in [0.25, 0.3) is 0 Å². The van der Waals surface area contributed by atoms with Crippen molar-refractivity contribution in [2.75, 3.05) is 39.4 Å². The zero-order valence-corrected chi connectivity index (χ0v) is 54.6. The molecule has 0 aromatic rings. The fourth-order valence-electron chi connectivity index (χ4n) is 9.09. The van der Waals surface area contributed by atoms with Crippen molar-refractivity contribution in [1.29, 1.82) is 0 Å². The molecule has 0 heterocycles. The van der Waals surface area contributed by atoms with Crippen LogP contribution in [-0.2, 0) is 62.3 Å². The third-order valence-corrected chi connectivity index (χ3v) is 14.5. The van der Waals surface area contributed by atoms with E-state index in [1.165, 1.54) is 13.8 Å². The molecule has 12 atom stereocenters. The molecule has 0 aliphatic rings. The Morgan fingerprint density at radius 3 is 1.43 bits per heavy atom. The Bertz CT molecular complexity index is 2310. The van der Waals surface area contributed by atoms with Gasteiger partial charge in [0, 0.05) is 19.5 Å². The van der Waals surface area contributed by atoms with E-state index < -0.39 is 174 Å². The first-order chi connectivity index (χ1) is 42.1. The molecule has 0 bridgehead atoms. The van der Waals surface area contributed by atoms with E-state index in [0.29, 0.717) is 38.5 Å². The first kappa shape index (κ1) is 83.8. The van der Waals surface area contributed by atoms with E-state index in [0.717, 1.165) is 0 Å². The predicted molar refractivity (Wildman–Crippen MR) is 337 cm³/mol. The summed E-state index contributed by atoms with van der Waals surface area (Å²) in [6.07, 6.45) is -0.433. The second-order valence-corrected chi connectivity index (χ2v) is 24.4. The molecule has 0 aliphatic carbocycles. The molecule has 32 nitrogen and oxygen atoms in total. The first-order valence-electron chi connectivity index (χ1n) is 31.1. The van der Waals surface area contributed by atoms with Crippen LogP contribution in [0.3, 0.4) is 0 Å². The molecule has 0 spiro atoms. The smallest absolute Gasteiger partial charge is 0.243 e. The molecule has 0 rings (SSSR count). The number of hydrogen-bond acceptors (Lipinski definition) is 25. The van der Waals surface area contributed by atoms with Crippen LogP contribution in [0, 0.1) is 23.7 Å². The molecule has 516 valence electrons. The fourth-order valence-corrected chi connectivity index (χ4v) is 9.09. The number of ketones is 5. The SMILES string of the molecule is CC(C)C[C@@H](C=O)NN[C@@H](CCC(N)=O)C(=O)N[C@H](C(=O)N[C@@H](CC(C)C)C(=O)CN[C@@H](C)C(=O)CN[C@@H](CCC(N)=O)C(=O)C(=O)[C@H](CCCCN)NC(=O)[C@@H](NCN[C@@H](C)C(=O)CN[C@@H](CCCNC(N)N)C(=O)N[C@H](C(N)=O)[C@@H](C)O)C(C)C)C(C)C. The molecular weight excluding hydrogens is 1170 g/mol. The minimum Gasteiger partial charge on any atom is -0.391 e. The minimum absolute atomic E-state index is 0.00853. The fraction of sp³-hybridized carbons (Fsp3) is 0.776. The zero-order valence-electron chi connectivity index (χ0n) is 54.6. The van der Waals surface area contributed by atoms with Crippen molar-refractivity contribution < 1.29 is 67.4 Å². The lowest BCUT2D eigenvalue weighted by Gasteiger charge is -2.28. The van der Waals surface area contributed by atoms with Gasteiger partial charge in [0.15, 0.2) is 17.3 Å². The molecule has 7 amide bonds. The maximum atomic E-state index is 14.2. The lowest BCUT2D eigenvalue weighted by atomic mass is 9.94. The highest BCUT2D eigenvalue weighted by Crippen LogP contribution is 2.13. The second kappa shape index (κ2) is 45.2. The number of hydrogen-bond donors (Lipinski definition) is 19. The average Bonchev–Trinajstić information content (AvgIpc) is 1.28. The number of nitrogens with one attached hydrogen (secondary N) is 12. The van der Waals surface area contributed by atoms with Crippen LogP contribution in [0.4, 0.5) is 0 Å². The second-order valence-electron chi connectivity index (χ2n) is 24.4. The van der Waals surface area contributed by atoms with E-state index in [9.17, 15) is 67.4 Å². The molecule has 25 N–H and O–H groups in total. The van der Waals surface area contributed by atoms with Gasteiger partial charge in [-0.1, -0.05) is 55.4 Å². The first-order valence-corrected chi connectivity index (χ1v) is 31.1. The number of carbonyl (C=O) groups is 13. The summed E-state index contributed by atoms with van der Waals surface area (Å²) in [6.45, 7) is 17.8. The molecular formula is C58H110N18O14. The van der Waals surface area contributed by atoms with Gasteiger partial charge in [-0.2, -0.15) is 0 Å². The van der Waals surface area contributed by atoms with Crippen molar-refractivity contribution in [2.24, 2.45) is 58.1 Å². The number of aliphatic hydroxyl groups excluding tert-OH is 1. The van der Waals surface area contributed by atoms with Gasteiger partial charge in [0.25, 0.3) is 0 Å². The van der Waals surface area contributed by atoms with Crippen molar-refractivity contribution in [2.45, 2.75) is 226 Å². The maximum absolute atomic E-state index is 14.2. The predicted octanol–water partition coefficient (Wildman–Crippen LogP) is -5.91. The number of aliphatic hydroxyl groups is 1.